The first-order valence-corrected chi connectivity index (χ1v) is 19.9. The number of nitrogens with zero attached hydrogens (tertiary/aromatic N) is 2. The molecule has 5 aromatic carbocycles. The van der Waals surface area contributed by atoms with Crippen LogP contribution in [0.4, 0.5) is 15.8 Å². The predicted molar refractivity (Wildman–Crippen MR) is 225 cm³/mol. The first-order chi connectivity index (χ1) is 29.0. The van der Waals surface area contributed by atoms with Crippen LogP contribution >= 0.6 is 11.6 Å². The fourth-order valence-corrected chi connectivity index (χ4v) is 10.0. The van der Waals surface area contributed by atoms with E-state index in [1.54, 1.807) is 68.8 Å². The van der Waals surface area contributed by atoms with Crippen molar-refractivity contribution in [3.63, 3.8) is 0 Å². The molecule has 0 spiro atoms. The molecular weight excluding hydrogens is 785 g/mol. The highest BCUT2D eigenvalue weighted by atomic mass is 35.5. The quantitative estimate of drug-likeness (QED) is 0.0861. The van der Waals surface area contributed by atoms with Gasteiger partial charge in [-0.05, 0) is 114 Å². The fraction of sp³-hybridized carbons (Fsp3) is 0.208. The van der Waals surface area contributed by atoms with E-state index >= 15 is 4.79 Å². The van der Waals surface area contributed by atoms with Crippen LogP contribution in [-0.2, 0) is 24.6 Å². The number of rotatable bonds is 9. The SMILES string of the molecule is COc1ccc(OC)c(C=Cc2ccc(N3C(=O)[C@H]4[C@H](CC=C5[C@H]4C[C@H]4C(=O)N(Nc6ccc(F)cc6)C(=O)[C@@]4(c4ccc(Cl)cc4)[C@H]5c4cccc(O)c4)C3=O)cc2)c1. The molecule has 4 amide bonds. The van der Waals surface area contributed by atoms with Crippen LogP contribution in [-0.4, -0.2) is 48.0 Å². The highest BCUT2D eigenvalue weighted by Gasteiger charge is 2.70. The number of fused-ring (bicyclic) bond motifs is 4. The van der Waals surface area contributed by atoms with Crippen molar-refractivity contribution in [3.8, 4) is 17.2 Å². The second-order valence-electron chi connectivity index (χ2n) is 15.5. The number of nitrogens with one attached hydrogen (secondary N) is 1. The Labute approximate surface area is 350 Å². The molecule has 302 valence electrons. The molecule has 0 bridgehead atoms. The van der Waals surface area contributed by atoms with Crippen molar-refractivity contribution < 1.29 is 38.1 Å². The number of amides is 4. The Morgan fingerprint density at radius 3 is 2.27 bits per heavy atom. The third-order valence-electron chi connectivity index (χ3n) is 12.5. The zero-order chi connectivity index (χ0) is 41.9. The number of hydrazine groups is 1. The lowest BCUT2D eigenvalue weighted by atomic mass is 9.49. The summed E-state index contributed by atoms with van der Waals surface area (Å²) in [6.45, 7) is 0. The Morgan fingerprint density at radius 2 is 1.57 bits per heavy atom. The summed E-state index contributed by atoms with van der Waals surface area (Å²) in [5, 5.41) is 12.3. The van der Waals surface area contributed by atoms with E-state index in [2.05, 4.69) is 5.43 Å². The third kappa shape index (κ3) is 6.23. The minimum absolute atomic E-state index is 0.0380. The van der Waals surface area contributed by atoms with Gasteiger partial charge >= 0.3 is 0 Å². The molecule has 0 aromatic heterocycles. The van der Waals surface area contributed by atoms with Gasteiger partial charge in [-0.3, -0.25) is 29.5 Å². The molecule has 3 fully saturated rings. The van der Waals surface area contributed by atoms with Gasteiger partial charge in [-0.25, -0.2) is 4.39 Å². The number of halogens is 2. The number of imide groups is 2. The highest BCUT2D eigenvalue weighted by molar-refractivity contribution is 6.30. The standard InChI is InChI=1S/C48H39ClFN3O7/c1-59-36-20-23-41(60-2)28(25-36)9-6-27-7-18-34(19-8-27)52-44(55)38-22-21-37-39(42(38)46(52)57)26-40-45(56)53(51-33-16-14-32(50)15-17-33)47(58)48(40,30-10-12-31(49)13-11-30)43(37)29-4-3-5-35(54)24-29/h3-21,23-25,38-40,42-43,51,54H,22,26H2,1-2H3/t38-,39+,40-,42-,43-,48+/m0/s1. The number of phenols is 1. The number of benzene rings is 5. The number of hydrogen-bond acceptors (Lipinski definition) is 8. The van der Waals surface area contributed by atoms with Gasteiger partial charge in [0.1, 0.15) is 23.1 Å². The highest BCUT2D eigenvalue weighted by Crippen LogP contribution is 2.64. The lowest BCUT2D eigenvalue weighted by Crippen LogP contribution is -2.53. The summed E-state index contributed by atoms with van der Waals surface area (Å²) >= 11 is 6.38. The number of anilines is 2. The molecule has 12 heteroatoms. The minimum Gasteiger partial charge on any atom is -0.508 e. The number of methoxy groups -OCH3 is 2. The molecule has 6 atom stereocenters. The van der Waals surface area contributed by atoms with E-state index < -0.39 is 52.6 Å². The van der Waals surface area contributed by atoms with Crippen molar-refractivity contribution in [3.05, 3.63) is 160 Å². The monoisotopic (exact) mass is 823 g/mol. The molecule has 2 aliphatic heterocycles. The molecule has 2 aliphatic carbocycles. The lowest BCUT2D eigenvalue weighted by Gasteiger charge is -2.50. The van der Waals surface area contributed by atoms with Gasteiger partial charge in [0.2, 0.25) is 11.8 Å². The average molecular weight is 824 g/mol. The molecule has 1 saturated carbocycles. The zero-order valence-corrected chi connectivity index (χ0v) is 33.3. The van der Waals surface area contributed by atoms with Gasteiger partial charge in [0, 0.05) is 16.5 Å². The number of aromatic hydroxyl groups is 1. The van der Waals surface area contributed by atoms with E-state index in [1.165, 1.54) is 35.2 Å². The van der Waals surface area contributed by atoms with E-state index in [-0.39, 0.29) is 30.4 Å². The van der Waals surface area contributed by atoms with Gasteiger partial charge in [-0.1, -0.05) is 71.8 Å². The lowest BCUT2D eigenvalue weighted by molar-refractivity contribution is -0.138. The number of allylic oxidation sites excluding steroid dienone is 2. The van der Waals surface area contributed by atoms with Gasteiger partial charge in [0.15, 0.2) is 0 Å². The van der Waals surface area contributed by atoms with Gasteiger partial charge < -0.3 is 14.6 Å². The number of carbonyl (C=O) groups excluding carboxylic acids is 4. The molecule has 2 saturated heterocycles. The average Bonchev–Trinajstić information content (AvgIpc) is 3.64. The Balaban J connectivity index is 1.10. The minimum atomic E-state index is -1.55. The van der Waals surface area contributed by atoms with Gasteiger partial charge in [0.25, 0.3) is 11.8 Å². The second-order valence-corrected chi connectivity index (χ2v) is 15.9. The molecule has 4 aliphatic rings. The van der Waals surface area contributed by atoms with Gasteiger partial charge in [-0.2, -0.15) is 5.01 Å². The van der Waals surface area contributed by atoms with E-state index in [9.17, 15) is 23.9 Å². The first-order valence-electron chi connectivity index (χ1n) is 19.6. The number of hydrogen-bond donors (Lipinski definition) is 2. The summed E-state index contributed by atoms with van der Waals surface area (Å²) in [5.74, 6) is -4.92. The smallest absolute Gasteiger partial charge is 0.260 e. The number of carbonyl (C=O) groups is 4. The van der Waals surface area contributed by atoms with Crippen molar-refractivity contribution in [2.45, 2.75) is 24.2 Å². The number of phenolic OH excluding ortho intramolecular Hbond substituents is 1. The topological polar surface area (TPSA) is 125 Å². The Kier molecular flexibility index (Phi) is 9.79. The molecule has 10 nitrogen and oxygen atoms in total. The van der Waals surface area contributed by atoms with Crippen molar-refractivity contribution in [1.82, 2.24) is 5.01 Å². The maximum Gasteiger partial charge on any atom is 0.260 e. The van der Waals surface area contributed by atoms with Gasteiger partial charge in [-0.15, -0.1) is 0 Å². The molecule has 5 aromatic rings. The maximum atomic E-state index is 15.3. The zero-order valence-electron chi connectivity index (χ0n) is 32.5. The second kappa shape index (κ2) is 15.1. The summed E-state index contributed by atoms with van der Waals surface area (Å²) in [4.78, 5) is 60.4. The van der Waals surface area contributed by atoms with Crippen LogP contribution in [0, 0.1) is 29.5 Å². The van der Waals surface area contributed by atoms with Crippen molar-refractivity contribution in [1.29, 1.82) is 0 Å². The Bertz CT molecular complexity index is 2610. The van der Waals surface area contributed by atoms with Crippen LogP contribution in [0.1, 0.15) is 41.0 Å². The van der Waals surface area contributed by atoms with E-state index in [0.29, 0.717) is 39.0 Å². The molecule has 0 unspecified atom stereocenters. The summed E-state index contributed by atoms with van der Waals surface area (Å²) in [5.41, 5.74) is 5.62. The Hall–Kier alpha value is -6.72. The van der Waals surface area contributed by atoms with Crippen LogP contribution in [0.3, 0.4) is 0 Å². The molecular formula is C48H39ClFN3O7. The van der Waals surface area contributed by atoms with Crippen LogP contribution < -0.4 is 19.8 Å². The molecule has 2 N–H and O–H groups in total. The van der Waals surface area contributed by atoms with E-state index in [4.69, 9.17) is 21.1 Å². The summed E-state index contributed by atoms with van der Waals surface area (Å²) < 4.78 is 24.8. The van der Waals surface area contributed by atoms with Crippen LogP contribution in [0.25, 0.3) is 12.2 Å². The van der Waals surface area contributed by atoms with Gasteiger partial charge in [0.05, 0.1) is 48.8 Å². The molecule has 60 heavy (non-hydrogen) atoms. The molecule has 0 radical (unpaired) electrons. The normalized spacial score (nSPS) is 24.6. The van der Waals surface area contributed by atoms with Crippen LogP contribution in [0.2, 0.25) is 5.02 Å². The third-order valence-corrected chi connectivity index (χ3v) is 12.8. The summed E-state index contributed by atoms with van der Waals surface area (Å²) in [6.07, 6.45) is 6.07. The largest absolute Gasteiger partial charge is 0.508 e. The van der Waals surface area contributed by atoms with E-state index in [0.717, 1.165) is 21.7 Å². The summed E-state index contributed by atoms with van der Waals surface area (Å²) in [7, 11) is 3.19. The Morgan fingerprint density at radius 1 is 0.817 bits per heavy atom. The van der Waals surface area contributed by atoms with Crippen LogP contribution in [0.15, 0.2) is 127 Å². The number of ether oxygens (including phenoxy) is 2. The van der Waals surface area contributed by atoms with Crippen LogP contribution in [0.5, 0.6) is 17.2 Å². The first kappa shape index (κ1) is 38.8. The van der Waals surface area contributed by atoms with E-state index in [1.807, 2.05) is 48.6 Å². The van der Waals surface area contributed by atoms with Crippen molar-refractivity contribution >= 4 is 58.8 Å². The fourth-order valence-electron chi connectivity index (χ4n) is 9.88. The molecule has 2 heterocycles. The van der Waals surface area contributed by atoms with Crippen molar-refractivity contribution in [2.75, 3.05) is 24.5 Å². The molecule has 9 rings (SSSR count). The maximum absolute atomic E-state index is 15.3. The summed E-state index contributed by atoms with van der Waals surface area (Å²) in [6, 6.07) is 31.4. The predicted octanol–water partition coefficient (Wildman–Crippen LogP) is 8.56. The van der Waals surface area contributed by atoms with Crippen molar-refractivity contribution in [2.24, 2.45) is 23.7 Å².